The van der Waals surface area contributed by atoms with Crippen LogP contribution < -0.4 is 10.1 Å². The molecule has 0 aliphatic carbocycles. The number of nitrogens with zero attached hydrogens (tertiary/aromatic N) is 3. The van der Waals surface area contributed by atoms with Crippen LogP contribution in [0.15, 0.2) is 10.7 Å². The molecule has 0 saturated carbocycles. The molecule has 0 amide bonds. The first kappa shape index (κ1) is 13.5. The lowest BCUT2D eigenvalue weighted by Gasteiger charge is -2.23. The van der Waals surface area contributed by atoms with Crippen LogP contribution in [0.4, 0.5) is 5.95 Å². The average molecular weight is 315 g/mol. The van der Waals surface area contributed by atoms with Gasteiger partial charge >= 0.3 is 0 Å². The van der Waals surface area contributed by atoms with E-state index < -0.39 is 0 Å². The molecule has 1 aliphatic heterocycles. The van der Waals surface area contributed by atoms with Crippen LogP contribution in [-0.4, -0.2) is 47.7 Å². The third-order valence-corrected chi connectivity index (χ3v) is 3.77. The van der Waals surface area contributed by atoms with Crippen LogP contribution in [0.3, 0.4) is 0 Å². The minimum atomic E-state index is 0.505. The summed E-state index contributed by atoms with van der Waals surface area (Å²) in [4.78, 5) is 11.0. The third kappa shape index (κ3) is 3.32. The summed E-state index contributed by atoms with van der Waals surface area (Å²) < 4.78 is 5.91. The van der Waals surface area contributed by atoms with Crippen molar-refractivity contribution in [2.45, 2.75) is 25.8 Å². The Bertz CT molecular complexity index is 396. The zero-order valence-corrected chi connectivity index (χ0v) is 12.4. The predicted molar refractivity (Wildman–Crippen MR) is 75.0 cm³/mol. The molecular formula is C12H19BrN4O. The van der Waals surface area contributed by atoms with Crippen LogP contribution >= 0.6 is 15.9 Å². The van der Waals surface area contributed by atoms with Crippen molar-refractivity contribution in [1.82, 2.24) is 14.9 Å². The summed E-state index contributed by atoms with van der Waals surface area (Å²) in [5.41, 5.74) is 0. The van der Waals surface area contributed by atoms with Crippen LogP contribution in [0.25, 0.3) is 0 Å². The lowest BCUT2D eigenvalue weighted by Crippen LogP contribution is -2.35. The van der Waals surface area contributed by atoms with Gasteiger partial charge in [0.25, 0.3) is 0 Å². The second-order valence-corrected chi connectivity index (χ2v) is 5.38. The number of hydrogen-bond donors (Lipinski definition) is 1. The van der Waals surface area contributed by atoms with Crippen molar-refractivity contribution in [3.05, 3.63) is 10.7 Å². The molecule has 0 spiro atoms. The third-order valence-electron chi connectivity index (χ3n) is 3.22. The minimum absolute atomic E-state index is 0.505. The summed E-state index contributed by atoms with van der Waals surface area (Å²) in [5, 5.41) is 3.26. The molecule has 1 unspecified atom stereocenters. The van der Waals surface area contributed by atoms with Crippen molar-refractivity contribution >= 4 is 21.9 Å². The van der Waals surface area contributed by atoms with Crippen molar-refractivity contribution in [1.29, 1.82) is 0 Å². The fourth-order valence-corrected chi connectivity index (χ4v) is 2.48. The number of methoxy groups -OCH3 is 1. The molecule has 1 atom stereocenters. The van der Waals surface area contributed by atoms with Crippen molar-refractivity contribution in [2.24, 2.45) is 0 Å². The Morgan fingerprint density at radius 2 is 2.22 bits per heavy atom. The van der Waals surface area contributed by atoms with Gasteiger partial charge in [0.15, 0.2) is 0 Å². The van der Waals surface area contributed by atoms with Crippen molar-refractivity contribution in [3.63, 3.8) is 0 Å². The zero-order valence-electron chi connectivity index (χ0n) is 10.8. The lowest BCUT2D eigenvalue weighted by atomic mass is 10.3. The SMILES string of the molecule is COc1nc(NCC(C)N2CCCC2)ncc1Br. The number of hydrogen-bond acceptors (Lipinski definition) is 5. The molecule has 1 aliphatic rings. The average Bonchev–Trinajstić information content (AvgIpc) is 2.91. The van der Waals surface area contributed by atoms with E-state index in [2.05, 4.69) is 43.0 Å². The molecule has 100 valence electrons. The molecule has 1 N–H and O–H groups in total. The van der Waals surface area contributed by atoms with Gasteiger partial charge in [0.2, 0.25) is 11.8 Å². The van der Waals surface area contributed by atoms with E-state index >= 15 is 0 Å². The van der Waals surface area contributed by atoms with Gasteiger partial charge in [0.05, 0.1) is 17.8 Å². The fraction of sp³-hybridized carbons (Fsp3) is 0.667. The van der Waals surface area contributed by atoms with Crippen LogP contribution in [0.1, 0.15) is 19.8 Å². The molecule has 5 nitrogen and oxygen atoms in total. The summed E-state index contributed by atoms with van der Waals surface area (Å²) in [5.74, 6) is 1.17. The highest BCUT2D eigenvalue weighted by Crippen LogP contribution is 2.21. The van der Waals surface area contributed by atoms with Gasteiger partial charge in [0.1, 0.15) is 0 Å². The normalized spacial score (nSPS) is 17.7. The maximum Gasteiger partial charge on any atom is 0.232 e. The van der Waals surface area contributed by atoms with Gasteiger partial charge < -0.3 is 10.1 Å². The molecule has 1 aromatic heterocycles. The van der Waals surface area contributed by atoms with E-state index in [1.807, 2.05) is 0 Å². The maximum absolute atomic E-state index is 5.14. The fourth-order valence-electron chi connectivity index (χ4n) is 2.13. The van der Waals surface area contributed by atoms with E-state index in [0.717, 1.165) is 11.0 Å². The number of aromatic nitrogens is 2. The van der Waals surface area contributed by atoms with Crippen LogP contribution in [0, 0.1) is 0 Å². The van der Waals surface area contributed by atoms with Gasteiger partial charge in [-0.15, -0.1) is 0 Å². The molecular weight excluding hydrogens is 296 g/mol. The molecule has 0 aromatic carbocycles. The Hall–Kier alpha value is -0.880. The second kappa shape index (κ2) is 6.33. The van der Waals surface area contributed by atoms with Crippen LogP contribution in [0.2, 0.25) is 0 Å². The molecule has 2 rings (SSSR count). The minimum Gasteiger partial charge on any atom is -0.480 e. The zero-order chi connectivity index (χ0) is 13.0. The Morgan fingerprint density at radius 1 is 1.50 bits per heavy atom. The summed E-state index contributed by atoms with van der Waals surface area (Å²) >= 11 is 3.34. The van der Waals surface area contributed by atoms with Gasteiger partial charge in [0, 0.05) is 12.6 Å². The summed E-state index contributed by atoms with van der Waals surface area (Å²) in [7, 11) is 1.60. The van der Waals surface area contributed by atoms with Crippen LogP contribution in [-0.2, 0) is 0 Å². The molecule has 0 radical (unpaired) electrons. The Labute approximate surface area is 116 Å². The monoisotopic (exact) mass is 314 g/mol. The number of ether oxygens (including phenoxy) is 1. The van der Waals surface area contributed by atoms with Crippen LogP contribution in [0.5, 0.6) is 5.88 Å². The lowest BCUT2D eigenvalue weighted by molar-refractivity contribution is 0.269. The number of nitrogens with one attached hydrogen (secondary N) is 1. The quantitative estimate of drug-likeness (QED) is 0.902. The highest BCUT2D eigenvalue weighted by Gasteiger charge is 2.17. The Kier molecular flexibility index (Phi) is 4.77. The van der Waals surface area contributed by atoms with E-state index in [0.29, 0.717) is 17.9 Å². The molecule has 1 saturated heterocycles. The first-order valence-electron chi connectivity index (χ1n) is 6.25. The predicted octanol–water partition coefficient (Wildman–Crippen LogP) is 2.14. The summed E-state index contributed by atoms with van der Waals surface area (Å²) in [6.07, 6.45) is 4.33. The van der Waals surface area contributed by atoms with E-state index in [1.165, 1.54) is 25.9 Å². The molecule has 18 heavy (non-hydrogen) atoms. The number of anilines is 1. The molecule has 2 heterocycles. The van der Waals surface area contributed by atoms with E-state index in [4.69, 9.17) is 4.74 Å². The van der Waals surface area contributed by atoms with E-state index in [-0.39, 0.29) is 0 Å². The topological polar surface area (TPSA) is 50.3 Å². The molecule has 6 heteroatoms. The first-order chi connectivity index (χ1) is 8.70. The number of halogens is 1. The van der Waals surface area contributed by atoms with E-state index in [1.54, 1.807) is 13.3 Å². The number of likely N-dealkylation sites (tertiary alicyclic amines) is 1. The van der Waals surface area contributed by atoms with Crippen molar-refractivity contribution in [3.8, 4) is 5.88 Å². The van der Waals surface area contributed by atoms with Crippen molar-refractivity contribution in [2.75, 3.05) is 32.1 Å². The van der Waals surface area contributed by atoms with Crippen molar-refractivity contribution < 1.29 is 4.74 Å². The highest BCUT2D eigenvalue weighted by atomic mass is 79.9. The van der Waals surface area contributed by atoms with E-state index in [9.17, 15) is 0 Å². The largest absolute Gasteiger partial charge is 0.480 e. The Balaban J connectivity index is 1.89. The van der Waals surface area contributed by atoms with Gasteiger partial charge in [-0.25, -0.2) is 4.98 Å². The molecule has 0 bridgehead atoms. The van der Waals surface area contributed by atoms with Gasteiger partial charge in [-0.05, 0) is 48.8 Å². The standard InChI is InChI=1S/C12H19BrN4O/c1-9(17-5-3-4-6-17)7-14-12-15-8-10(13)11(16-12)18-2/h8-9H,3-7H2,1-2H3,(H,14,15,16). The summed E-state index contributed by atoms with van der Waals surface area (Å²) in [6, 6.07) is 0.505. The number of rotatable bonds is 5. The molecule has 1 fully saturated rings. The molecule has 1 aromatic rings. The highest BCUT2D eigenvalue weighted by molar-refractivity contribution is 9.10. The first-order valence-corrected chi connectivity index (χ1v) is 7.04. The Morgan fingerprint density at radius 3 is 2.89 bits per heavy atom. The smallest absolute Gasteiger partial charge is 0.232 e. The maximum atomic E-state index is 5.14. The second-order valence-electron chi connectivity index (χ2n) is 4.52. The van der Waals surface area contributed by atoms with Gasteiger partial charge in [-0.1, -0.05) is 0 Å². The summed E-state index contributed by atoms with van der Waals surface area (Å²) in [6.45, 7) is 5.49. The van der Waals surface area contributed by atoms with Gasteiger partial charge in [-0.2, -0.15) is 4.98 Å². The van der Waals surface area contributed by atoms with Gasteiger partial charge in [-0.3, -0.25) is 4.90 Å².